The summed E-state index contributed by atoms with van der Waals surface area (Å²) < 4.78 is 15.8. The predicted octanol–water partition coefficient (Wildman–Crippen LogP) is 2.17. The zero-order valence-electron chi connectivity index (χ0n) is 14.3. The summed E-state index contributed by atoms with van der Waals surface area (Å²) in [5, 5.41) is 10.1. The topological polar surface area (TPSA) is 51.2 Å². The number of hydrogen-bond acceptors (Lipinski definition) is 5. The minimum atomic E-state index is -0.350. The molecule has 1 atom stereocenters. The van der Waals surface area contributed by atoms with Crippen LogP contribution in [0.3, 0.4) is 0 Å². The second-order valence-corrected chi connectivity index (χ2v) is 5.73. The molecule has 0 saturated carbocycles. The minimum absolute atomic E-state index is 0.232. The second kappa shape index (κ2) is 9.66. The van der Waals surface area contributed by atoms with Crippen LogP contribution in [0.1, 0.15) is 19.4 Å². The van der Waals surface area contributed by atoms with Gasteiger partial charge in [0.2, 0.25) is 0 Å². The highest BCUT2D eigenvalue weighted by Crippen LogP contribution is 2.28. The van der Waals surface area contributed by atoms with Crippen LogP contribution in [0.15, 0.2) is 18.2 Å². The van der Waals surface area contributed by atoms with Crippen molar-refractivity contribution in [2.45, 2.75) is 26.5 Å². The van der Waals surface area contributed by atoms with Crippen LogP contribution >= 0.6 is 0 Å². The van der Waals surface area contributed by atoms with Crippen LogP contribution in [0, 0.1) is 5.92 Å². The van der Waals surface area contributed by atoms with E-state index in [0.29, 0.717) is 13.2 Å². The molecule has 0 saturated heterocycles. The van der Waals surface area contributed by atoms with Gasteiger partial charge < -0.3 is 19.3 Å². The van der Waals surface area contributed by atoms with Crippen molar-refractivity contribution in [1.29, 1.82) is 0 Å². The van der Waals surface area contributed by atoms with E-state index in [1.54, 1.807) is 21.3 Å². The fourth-order valence-corrected chi connectivity index (χ4v) is 2.17. The maximum atomic E-state index is 10.1. The third-order valence-electron chi connectivity index (χ3n) is 3.68. The summed E-state index contributed by atoms with van der Waals surface area (Å²) in [6.07, 6.45) is -0.350. The number of ether oxygens (including phenoxy) is 3. The molecular formula is C17H29NO4. The molecule has 0 spiro atoms. The summed E-state index contributed by atoms with van der Waals surface area (Å²) in [4.78, 5) is 2.19. The van der Waals surface area contributed by atoms with Gasteiger partial charge in [-0.25, -0.2) is 0 Å². The molecule has 1 unspecified atom stereocenters. The monoisotopic (exact) mass is 311 g/mol. The van der Waals surface area contributed by atoms with Gasteiger partial charge in [0.1, 0.15) is 0 Å². The molecule has 5 nitrogen and oxygen atoms in total. The molecule has 0 bridgehead atoms. The first-order valence-electron chi connectivity index (χ1n) is 7.62. The molecule has 1 aromatic carbocycles. The first kappa shape index (κ1) is 18.7. The number of rotatable bonds is 10. The van der Waals surface area contributed by atoms with E-state index in [9.17, 15) is 5.11 Å². The molecule has 126 valence electrons. The Morgan fingerprint density at radius 2 is 1.77 bits per heavy atom. The van der Waals surface area contributed by atoms with Gasteiger partial charge in [0.15, 0.2) is 11.5 Å². The summed E-state index contributed by atoms with van der Waals surface area (Å²) in [7, 11) is 4.95. The third-order valence-corrected chi connectivity index (χ3v) is 3.68. The molecule has 0 fully saturated rings. The zero-order valence-corrected chi connectivity index (χ0v) is 14.3. The maximum Gasteiger partial charge on any atom is 0.161 e. The smallest absolute Gasteiger partial charge is 0.161 e. The average Bonchev–Trinajstić information content (AvgIpc) is 2.52. The fourth-order valence-electron chi connectivity index (χ4n) is 2.17. The zero-order chi connectivity index (χ0) is 16.5. The van der Waals surface area contributed by atoms with E-state index >= 15 is 0 Å². The Kier molecular flexibility index (Phi) is 8.24. The van der Waals surface area contributed by atoms with Crippen molar-refractivity contribution in [3.63, 3.8) is 0 Å². The normalized spacial score (nSPS) is 12.7. The molecule has 1 aromatic rings. The van der Waals surface area contributed by atoms with Gasteiger partial charge in [-0.05, 0) is 23.6 Å². The molecule has 0 radical (unpaired) electrons. The lowest BCUT2D eigenvalue weighted by atomic mass is 10.1. The standard InChI is InChI=1S/C17H29NO4/c1-13(2)15(19)12-18(8-9-20-3)11-14-6-7-16(21-4)17(10-14)22-5/h6-7,10,13,15,19H,8-9,11-12H2,1-5H3. The molecule has 0 aliphatic heterocycles. The van der Waals surface area contributed by atoms with Crippen molar-refractivity contribution >= 4 is 0 Å². The van der Waals surface area contributed by atoms with Crippen LogP contribution < -0.4 is 9.47 Å². The summed E-state index contributed by atoms with van der Waals surface area (Å²) in [6.45, 7) is 6.81. The fraction of sp³-hybridized carbons (Fsp3) is 0.647. The molecule has 0 aliphatic carbocycles. The third kappa shape index (κ3) is 5.83. The number of hydrogen-bond donors (Lipinski definition) is 1. The van der Waals surface area contributed by atoms with Gasteiger partial charge in [0.05, 0.1) is 26.9 Å². The molecule has 0 heterocycles. The van der Waals surface area contributed by atoms with Gasteiger partial charge in [-0.1, -0.05) is 19.9 Å². The largest absolute Gasteiger partial charge is 0.493 e. The van der Waals surface area contributed by atoms with Gasteiger partial charge in [0, 0.05) is 26.7 Å². The highest BCUT2D eigenvalue weighted by atomic mass is 16.5. The van der Waals surface area contributed by atoms with Crippen LogP contribution in [0.25, 0.3) is 0 Å². The van der Waals surface area contributed by atoms with E-state index in [-0.39, 0.29) is 12.0 Å². The first-order chi connectivity index (χ1) is 10.5. The molecule has 0 aliphatic rings. The van der Waals surface area contributed by atoms with Crippen LogP contribution in [-0.2, 0) is 11.3 Å². The van der Waals surface area contributed by atoms with E-state index in [0.717, 1.165) is 30.2 Å². The van der Waals surface area contributed by atoms with E-state index in [2.05, 4.69) is 4.90 Å². The highest BCUT2D eigenvalue weighted by Gasteiger charge is 2.16. The number of nitrogens with zero attached hydrogens (tertiary/aromatic N) is 1. The van der Waals surface area contributed by atoms with Crippen molar-refractivity contribution < 1.29 is 19.3 Å². The van der Waals surface area contributed by atoms with Crippen molar-refractivity contribution in [3.8, 4) is 11.5 Å². The molecule has 5 heteroatoms. The van der Waals surface area contributed by atoms with Crippen LogP contribution in [0.5, 0.6) is 11.5 Å². The summed E-state index contributed by atoms with van der Waals surface area (Å²) in [5.41, 5.74) is 1.12. The number of benzene rings is 1. The first-order valence-corrected chi connectivity index (χ1v) is 7.62. The Balaban J connectivity index is 2.79. The number of aliphatic hydroxyl groups excluding tert-OH is 1. The summed E-state index contributed by atoms with van der Waals surface area (Å²) >= 11 is 0. The average molecular weight is 311 g/mol. The van der Waals surface area contributed by atoms with E-state index in [1.807, 2.05) is 32.0 Å². The van der Waals surface area contributed by atoms with Crippen LogP contribution in [0.2, 0.25) is 0 Å². The van der Waals surface area contributed by atoms with Gasteiger partial charge in [-0.3, -0.25) is 4.90 Å². The Hall–Kier alpha value is -1.30. The van der Waals surface area contributed by atoms with Gasteiger partial charge in [0.25, 0.3) is 0 Å². The minimum Gasteiger partial charge on any atom is -0.493 e. The molecule has 22 heavy (non-hydrogen) atoms. The number of aliphatic hydroxyl groups is 1. The van der Waals surface area contributed by atoms with E-state index in [1.165, 1.54) is 0 Å². The molecule has 1 rings (SSSR count). The highest BCUT2D eigenvalue weighted by molar-refractivity contribution is 5.42. The molecular weight excluding hydrogens is 282 g/mol. The van der Waals surface area contributed by atoms with Crippen LogP contribution in [0.4, 0.5) is 0 Å². The quantitative estimate of drug-likeness (QED) is 0.718. The molecule has 0 amide bonds. The predicted molar refractivity (Wildman–Crippen MR) is 87.5 cm³/mol. The summed E-state index contributed by atoms with van der Waals surface area (Å²) in [5.74, 6) is 1.67. The summed E-state index contributed by atoms with van der Waals surface area (Å²) in [6, 6.07) is 5.89. The Morgan fingerprint density at radius 1 is 1.09 bits per heavy atom. The van der Waals surface area contributed by atoms with Crippen molar-refractivity contribution in [2.75, 3.05) is 41.0 Å². The van der Waals surface area contributed by atoms with Gasteiger partial charge in [-0.2, -0.15) is 0 Å². The lowest BCUT2D eigenvalue weighted by Gasteiger charge is -2.26. The molecule has 1 N–H and O–H groups in total. The van der Waals surface area contributed by atoms with Crippen LogP contribution in [-0.4, -0.2) is 57.1 Å². The van der Waals surface area contributed by atoms with E-state index < -0.39 is 0 Å². The Labute approximate surface area is 133 Å². The lowest BCUT2D eigenvalue weighted by Crippen LogP contribution is -2.36. The molecule has 0 aromatic heterocycles. The Bertz CT molecular complexity index is 437. The van der Waals surface area contributed by atoms with Crippen molar-refractivity contribution in [1.82, 2.24) is 4.90 Å². The Morgan fingerprint density at radius 3 is 2.32 bits per heavy atom. The van der Waals surface area contributed by atoms with E-state index in [4.69, 9.17) is 14.2 Å². The van der Waals surface area contributed by atoms with Gasteiger partial charge in [-0.15, -0.1) is 0 Å². The maximum absolute atomic E-state index is 10.1. The second-order valence-electron chi connectivity index (χ2n) is 5.73. The van der Waals surface area contributed by atoms with Crippen molar-refractivity contribution in [3.05, 3.63) is 23.8 Å². The van der Waals surface area contributed by atoms with Gasteiger partial charge >= 0.3 is 0 Å². The SMILES string of the molecule is COCCN(Cc1ccc(OC)c(OC)c1)CC(O)C(C)C. The van der Waals surface area contributed by atoms with Crippen molar-refractivity contribution in [2.24, 2.45) is 5.92 Å². The number of methoxy groups -OCH3 is 3. The lowest BCUT2D eigenvalue weighted by molar-refractivity contribution is 0.0591.